The Morgan fingerprint density at radius 1 is 1.00 bits per heavy atom. The number of nitrogens with two attached hydrogens (primary N) is 3. The van der Waals surface area contributed by atoms with Gasteiger partial charge < -0.3 is 26.8 Å². The molecule has 3 aromatic rings. The summed E-state index contributed by atoms with van der Waals surface area (Å²) in [6.07, 6.45) is 2.84. The van der Waals surface area contributed by atoms with Gasteiger partial charge >= 0.3 is 0 Å². The van der Waals surface area contributed by atoms with Crippen molar-refractivity contribution in [2.75, 3.05) is 13.1 Å². The fourth-order valence-corrected chi connectivity index (χ4v) is 4.78. The van der Waals surface area contributed by atoms with Crippen molar-refractivity contribution < 1.29 is 9.53 Å². The summed E-state index contributed by atoms with van der Waals surface area (Å²) in [5.41, 5.74) is 19.4. The fourth-order valence-electron chi connectivity index (χ4n) is 4.78. The molecule has 4 rings (SSSR count). The smallest absolute Gasteiger partial charge is 0.240 e. The van der Waals surface area contributed by atoms with E-state index >= 15 is 0 Å². The zero-order valence-electron chi connectivity index (χ0n) is 20.1. The Bertz CT molecular complexity index is 1150. The van der Waals surface area contributed by atoms with Gasteiger partial charge in [0.2, 0.25) is 5.91 Å². The molecule has 7 nitrogen and oxygen atoms in total. The van der Waals surface area contributed by atoms with Crippen LogP contribution in [0.3, 0.4) is 0 Å². The molecule has 0 aromatic heterocycles. The van der Waals surface area contributed by atoms with Crippen molar-refractivity contribution in [3.8, 4) is 0 Å². The molecule has 0 saturated carbocycles. The second-order valence-electron chi connectivity index (χ2n) is 9.24. The van der Waals surface area contributed by atoms with Crippen LogP contribution in [0.5, 0.6) is 0 Å². The van der Waals surface area contributed by atoms with Gasteiger partial charge in [-0.2, -0.15) is 0 Å². The van der Waals surface area contributed by atoms with Crippen LogP contribution < -0.4 is 17.2 Å². The molecule has 184 valence electrons. The lowest BCUT2D eigenvalue weighted by Crippen LogP contribution is -2.47. The normalized spacial score (nSPS) is 18.5. The fraction of sp³-hybridized carbons (Fsp3) is 0.357. The molecule has 1 fully saturated rings. The molecule has 7 heteroatoms. The first-order chi connectivity index (χ1) is 17.0. The Morgan fingerprint density at radius 3 is 2.51 bits per heavy atom. The van der Waals surface area contributed by atoms with Gasteiger partial charge in [-0.3, -0.25) is 9.79 Å². The maximum absolute atomic E-state index is 13.3. The molecule has 0 bridgehead atoms. The monoisotopic (exact) mass is 473 g/mol. The standard InChI is InChI=1S/C28H35N5O2/c29-26(16-20-7-2-1-3-8-20)27(34)33-18-25(17-24(33)11-6-14-32-28(30)31)35-19-21-12-13-22-9-4-5-10-23(22)15-21/h1-5,7-10,12-13,15,24-26H,6,11,14,16-19,29H2,(H4,30,31,32)/t24-,25+,26+/m0/s1. The number of guanidine groups is 1. The van der Waals surface area contributed by atoms with E-state index in [1.54, 1.807) is 0 Å². The maximum Gasteiger partial charge on any atom is 0.240 e. The maximum atomic E-state index is 13.3. The number of fused-ring (bicyclic) bond motifs is 1. The third kappa shape index (κ3) is 6.81. The molecule has 35 heavy (non-hydrogen) atoms. The van der Waals surface area contributed by atoms with Crippen LogP contribution in [-0.2, 0) is 22.6 Å². The minimum absolute atomic E-state index is 0.0301. The first kappa shape index (κ1) is 24.7. The van der Waals surface area contributed by atoms with Crippen LogP contribution >= 0.6 is 0 Å². The zero-order valence-corrected chi connectivity index (χ0v) is 20.1. The molecular formula is C28H35N5O2. The number of hydrogen-bond donors (Lipinski definition) is 3. The summed E-state index contributed by atoms with van der Waals surface area (Å²) in [5, 5.41) is 2.41. The zero-order chi connectivity index (χ0) is 24.6. The summed E-state index contributed by atoms with van der Waals surface area (Å²) in [6.45, 7) is 1.59. The highest BCUT2D eigenvalue weighted by Crippen LogP contribution is 2.26. The number of hydrogen-bond acceptors (Lipinski definition) is 4. The van der Waals surface area contributed by atoms with Crippen molar-refractivity contribution in [2.24, 2.45) is 22.2 Å². The second kappa shape index (κ2) is 11.8. The molecule has 1 saturated heterocycles. The van der Waals surface area contributed by atoms with E-state index in [2.05, 4.69) is 35.3 Å². The van der Waals surface area contributed by atoms with E-state index in [0.29, 0.717) is 26.1 Å². The minimum Gasteiger partial charge on any atom is -0.372 e. The van der Waals surface area contributed by atoms with Crippen molar-refractivity contribution in [3.05, 3.63) is 83.9 Å². The molecule has 0 unspecified atom stereocenters. The summed E-state index contributed by atoms with van der Waals surface area (Å²) in [5.74, 6) is 0.0586. The number of nitrogens with zero attached hydrogens (tertiary/aromatic N) is 2. The molecule has 1 aliphatic rings. The Kier molecular flexibility index (Phi) is 8.34. The first-order valence-electron chi connectivity index (χ1n) is 12.2. The second-order valence-corrected chi connectivity index (χ2v) is 9.24. The number of benzene rings is 3. The highest BCUT2D eigenvalue weighted by molar-refractivity contribution is 5.83. The molecule has 3 atom stereocenters. The average molecular weight is 474 g/mol. The van der Waals surface area contributed by atoms with Crippen LogP contribution in [0.15, 0.2) is 77.8 Å². The van der Waals surface area contributed by atoms with Crippen molar-refractivity contribution in [3.63, 3.8) is 0 Å². The van der Waals surface area contributed by atoms with Crippen molar-refractivity contribution in [1.82, 2.24) is 4.90 Å². The van der Waals surface area contributed by atoms with Gasteiger partial charge in [-0.25, -0.2) is 0 Å². The van der Waals surface area contributed by atoms with E-state index in [4.69, 9.17) is 21.9 Å². The highest BCUT2D eigenvalue weighted by Gasteiger charge is 2.37. The van der Waals surface area contributed by atoms with E-state index in [-0.39, 0.29) is 24.0 Å². The predicted octanol–water partition coefficient (Wildman–Crippen LogP) is 2.95. The van der Waals surface area contributed by atoms with Gasteiger partial charge in [0.15, 0.2) is 5.96 Å². The Labute approximate surface area is 206 Å². The van der Waals surface area contributed by atoms with Gasteiger partial charge in [0.05, 0.1) is 18.8 Å². The van der Waals surface area contributed by atoms with Crippen molar-refractivity contribution >= 4 is 22.6 Å². The van der Waals surface area contributed by atoms with E-state index in [1.807, 2.05) is 47.4 Å². The Hall–Kier alpha value is -3.42. The minimum atomic E-state index is -0.586. The van der Waals surface area contributed by atoms with E-state index in [1.165, 1.54) is 10.8 Å². The summed E-state index contributed by atoms with van der Waals surface area (Å²) in [7, 11) is 0. The number of ether oxygens (including phenoxy) is 1. The Balaban J connectivity index is 1.39. The topological polar surface area (TPSA) is 120 Å². The average Bonchev–Trinajstić information content (AvgIpc) is 3.28. The number of likely N-dealkylation sites (tertiary alicyclic amines) is 1. The Morgan fingerprint density at radius 2 is 1.74 bits per heavy atom. The van der Waals surface area contributed by atoms with Crippen LogP contribution in [0, 0.1) is 0 Å². The summed E-state index contributed by atoms with van der Waals surface area (Å²) in [4.78, 5) is 19.3. The van der Waals surface area contributed by atoms with Gasteiger partial charge in [-0.05, 0) is 53.6 Å². The summed E-state index contributed by atoms with van der Waals surface area (Å²) < 4.78 is 6.29. The number of carbonyl (C=O) groups excluding carboxylic acids is 1. The largest absolute Gasteiger partial charge is 0.372 e. The summed E-state index contributed by atoms with van der Waals surface area (Å²) >= 11 is 0. The van der Waals surface area contributed by atoms with Gasteiger partial charge in [0, 0.05) is 19.1 Å². The molecule has 3 aromatic carbocycles. The van der Waals surface area contributed by atoms with Crippen molar-refractivity contribution in [2.45, 2.75) is 50.5 Å². The SMILES string of the molecule is NC(N)=NCCC[C@H]1C[C@@H](OCc2ccc3ccccc3c2)CN1C(=O)[C@H](N)Cc1ccccc1. The van der Waals surface area contributed by atoms with Gasteiger partial charge in [0.25, 0.3) is 0 Å². The highest BCUT2D eigenvalue weighted by atomic mass is 16.5. The lowest BCUT2D eigenvalue weighted by molar-refractivity contribution is -0.134. The molecule has 0 aliphatic carbocycles. The first-order valence-corrected chi connectivity index (χ1v) is 12.2. The lowest BCUT2D eigenvalue weighted by atomic mass is 10.0. The van der Waals surface area contributed by atoms with Crippen molar-refractivity contribution in [1.29, 1.82) is 0 Å². The van der Waals surface area contributed by atoms with E-state index < -0.39 is 6.04 Å². The number of aliphatic imine (C=N–C) groups is 1. The van der Waals surface area contributed by atoms with Crippen LogP contribution in [-0.4, -0.2) is 48.0 Å². The van der Waals surface area contributed by atoms with E-state index in [9.17, 15) is 4.79 Å². The lowest BCUT2D eigenvalue weighted by Gasteiger charge is -2.27. The van der Waals surface area contributed by atoms with Crippen LogP contribution in [0.1, 0.15) is 30.4 Å². The predicted molar refractivity (Wildman–Crippen MR) is 141 cm³/mol. The molecule has 1 aliphatic heterocycles. The van der Waals surface area contributed by atoms with E-state index in [0.717, 1.165) is 30.4 Å². The van der Waals surface area contributed by atoms with Gasteiger partial charge in [-0.1, -0.05) is 66.7 Å². The molecule has 1 heterocycles. The van der Waals surface area contributed by atoms with Crippen LogP contribution in [0.25, 0.3) is 10.8 Å². The summed E-state index contributed by atoms with van der Waals surface area (Å²) in [6, 6.07) is 24.0. The molecule has 0 radical (unpaired) electrons. The molecule has 6 N–H and O–H groups in total. The van der Waals surface area contributed by atoms with Crippen LogP contribution in [0.4, 0.5) is 0 Å². The van der Waals surface area contributed by atoms with Gasteiger partial charge in [-0.15, -0.1) is 0 Å². The molecular weight excluding hydrogens is 438 g/mol. The third-order valence-corrected chi connectivity index (χ3v) is 6.56. The van der Waals surface area contributed by atoms with Gasteiger partial charge in [0.1, 0.15) is 0 Å². The number of carbonyl (C=O) groups is 1. The number of amides is 1. The quantitative estimate of drug-likeness (QED) is 0.238. The molecule has 0 spiro atoms. The van der Waals surface area contributed by atoms with Crippen LogP contribution in [0.2, 0.25) is 0 Å². The molecule has 1 amide bonds. The number of rotatable bonds is 10. The third-order valence-electron chi connectivity index (χ3n) is 6.56.